The zero-order chi connectivity index (χ0) is 39.5. The predicted molar refractivity (Wildman–Crippen MR) is 239 cm³/mol. The highest BCUT2D eigenvalue weighted by Gasteiger charge is 2.20. The molecule has 2 heteroatoms. The Labute approximate surface area is 340 Å². The number of rotatable bonds is 10. The van der Waals surface area contributed by atoms with Gasteiger partial charge < -0.3 is 0 Å². The Kier molecular flexibility index (Phi) is 11.2. The van der Waals surface area contributed by atoms with E-state index in [2.05, 4.69) is 182 Å². The summed E-state index contributed by atoms with van der Waals surface area (Å²) < 4.78 is 0. The van der Waals surface area contributed by atoms with Gasteiger partial charge in [-0.3, -0.25) is 0 Å². The van der Waals surface area contributed by atoms with Crippen molar-refractivity contribution < 1.29 is 0 Å². The summed E-state index contributed by atoms with van der Waals surface area (Å²) in [6.45, 7) is 0. The first-order chi connectivity index (χ1) is 28.7. The smallest absolute Gasteiger partial charge is 0.138 e. The third kappa shape index (κ3) is 7.87. The SMILES string of the molecule is N#CC(C#N)=C(c1ccc(C(=C(c2ccccc2)c2ccccc2)c2ccccc2)cc1)c1ccc(C(=C(c2ccccc2)c2ccccc2)c2ccccc2)cc1. The minimum Gasteiger partial charge on any atom is -0.192 e. The molecule has 58 heavy (non-hydrogen) atoms. The Balaban J connectivity index is 1.27. The van der Waals surface area contributed by atoms with Crippen LogP contribution in [-0.2, 0) is 0 Å². The second kappa shape index (κ2) is 17.6. The molecule has 0 fully saturated rings. The van der Waals surface area contributed by atoms with Gasteiger partial charge in [0.2, 0.25) is 0 Å². The Bertz CT molecular complexity index is 2530. The number of allylic oxidation sites excluding steroid dienone is 1. The highest BCUT2D eigenvalue weighted by atomic mass is 14.3. The summed E-state index contributed by atoms with van der Waals surface area (Å²) in [6, 6.07) is 83.7. The summed E-state index contributed by atoms with van der Waals surface area (Å²) in [4.78, 5) is 0. The van der Waals surface area contributed by atoms with E-state index in [0.29, 0.717) is 5.57 Å². The van der Waals surface area contributed by atoms with Crippen LogP contribution in [0.15, 0.2) is 236 Å². The van der Waals surface area contributed by atoms with Crippen LogP contribution < -0.4 is 0 Å². The summed E-state index contributed by atoms with van der Waals surface area (Å²) in [5, 5.41) is 20.6. The van der Waals surface area contributed by atoms with Crippen molar-refractivity contribution in [3.05, 3.63) is 292 Å². The van der Waals surface area contributed by atoms with Gasteiger partial charge in [-0.05, 0) is 77.9 Å². The van der Waals surface area contributed by atoms with Crippen LogP contribution >= 0.6 is 0 Å². The van der Waals surface area contributed by atoms with Gasteiger partial charge in [0.15, 0.2) is 0 Å². The molecule has 8 aromatic rings. The quantitative estimate of drug-likeness (QED) is 0.104. The number of hydrogen-bond donors (Lipinski definition) is 0. The van der Waals surface area contributed by atoms with Gasteiger partial charge in [0.05, 0.1) is 0 Å². The highest BCUT2D eigenvalue weighted by molar-refractivity contribution is 6.06. The minimum atomic E-state index is 0.0571. The third-order valence-electron chi connectivity index (χ3n) is 10.3. The molecule has 2 nitrogen and oxygen atoms in total. The lowest BCUT2D eigenvalue weighted by Gasteiger charge is -2.19. The fourth-order valence-corrected chi connectivity index (χ4v) is 7.65. The van der Waals surface area contributed by atoms with E-state index >= 15 is 0 Å². The molecule has 0 aliphatic rings. The van der Waals surface area contributed by atoms with Crippen molar-refractivity contribution in [3.8, 4) is 12.1 Å². The lowest BCUT2D eigenvalue weighted by Crippen LogP contribution is -1.99. The van der Waals surface area contributed by atoms with Gasteiger partial charge in [0, 0.05) is 5.57 Å². The van der Waals surface area contributed by atoms with Crippen LogP contribution in [0.5, 0.6) is 0 Å². The van der Waals surface area contributed by atoms with Crippen LogP contribution in [0.25, 0.3) is 27.9 Å². The maximum absolute atomic E-state index is 10.3. The van der Waals surface area contributed by atoms with Crippen molar-refractivity contribution in [3.63, 3.8) is 0 Å². The second-order valence-electron chi connectivity index (χ2n) is 13.8. The highest BCUT2D eigenvalue weighted by Crippen LogP contribution is 2.40. The number of nitriles is 2. The Morgan fingerprint density at radius 1 is 0.207 bits per heavy atom. The zero-order valence-electron chi connectivity index (χ0n) is 31.8. The molecule has 0 amide bonds. The van der Waals surface area contributed by atoms with Crippen molar-refractivity contribution in [2.75, 3.05) is 0 Å². The first-order valence-corrected chi connectivity index (χ1v) is 19.3. The van der Waals surface area contributed by atoms with E-state index in [9.17, 15) is 10.5 Å². The summed E-state index contributed by atoms with van der Waals surface area (Å²) >= 11 is 0. The van der Waals surface area contributed by atoms with Gasteiger partial charge in [-0.25, -0.2) is 0 Å². The summed E-state index contributed by atoms with van der Waals surface area (Å²) in [5.74, 6) is 0. The van der Waals surface area contributed by atoms with E-state index < -0.39 is 0 Å². The van der Waals surface area contributed by atoms with Crippen molar-refractivity contribution in [2.45, 2.75) is 0 Å². The molecular formula is C56H38N2. The number of nitrogens with zero attached hydrogens (tertiary/aromatic N) is 2. The van der Waals surface area contributed by atoms with E-state index in [4.69, 9.17) is 0 Å². The Hall–Kier alpha value is -8.04. The molecular weight excluding hydrogens is 701 g/mol. The average molecular weight is 739 g/mol. The molecule has 0 heterocycles. The molecule has 0 spiro atoms. The molecule has 0 atom stereocenters. The van der Waals surface area contributed by atoms with Gasteiger partial charge in [0.25, 0.3) is 0 Å². The molecule has 0 aromatic heterocycles. The molecule has 8 rings (SSSR count). The van der Waals surface area contributed by atoms with E-state index in [1.807, 2.05) is 60.7 Å². The molecule has 0 bridgehead atoms. The largest absolute Gasteiger partial charge is 0.192 e. The van der Waals surface area contributed by atoms with Crippen molar-refractivity contribution in [2.24, 2.45) is 0 Å². The summed E-state index contributed by atoms with van der Waals surface area (Å²) in [7, 11) is 0. The van der Waals surface area contributed by atoms with E-state index in [0.717, 1.165) is 77.9 Å². The van der Waals surface area contributed by atoms with Gasteiger partial charge in [-0.15, -0.1) is 0 Å². The van der Waals surface area contributed by atoms with Gasteiger partial charge in [-0.1, -0.05) is 231 Å². The standard InChI is InChI=1S/C56H38N2/c57-39-51(40-58)52(47-31-35-49(36-32-47)55(45-27-15-5-16-28-45)53(41-19-7-1-8-20-41)42-21-9-2-10-22-42)48-33-37-50(38-34-48)56(46-29-17-6-18-30-46)54(43-23-11-3-12-24-43)44-25-13-4-14-26-44/h1-38H. The molecule has 272 valence electrons. The Morgan fingerprint density at radius 3 is 0.534 bits per heavy atom. The van der Waals surface area contributed by atoms with E-state index in [1.165, 1.54) is 0 Å². The topological polar surface area (TPSA) is 47.6 Å². The molecule has 0 aliphatic carbocycles. The summed E-state index contributed by atoms with van der Waals surface area (Å²) in [5.41, 5.74) is 15.3. The lowest BCUT2D eigenvalue weighted by molar-refractivity contribution is 1.43. The summed E-state index contributed by atoms with van der Waals surface area (Å²) in [6.07, 6.45) is 0. The van der Waals surface area contributed by atoms with Gasteiger partial charge in [0.1, 0.15) is 17.7 Å². The molecule has 0 saturated heterocycles. The van der Waals surface area contributed by atoms with Crippen LogP contribution in [0.2, 0.25) is 0 Å². The predicted octanol–water partition coefficient (Wildman–Crippen LogP) is 13.6. The normalized spacial score (nSPS) is 10.4. The maximum atomic E-state index is 10.3. The Morgan fingerprint density at radius 2 is 0.362 bits per heavy atom. The first kappa shape index (κ1) is 36.9. The molecule has 0 N–H and O–H groups in total. The van der Waals surface area contributed by atoms with Crippen LogP contribution in [0, 0.1) is 22.7 Å². The second-order valence-corrected chi connectivity index (χ2v) is 13.8. The minimum absolute atomic E-state index is 0.0571. The average Bonchev–Trinajstić information content (AvgIpc) is 3.31. The molecule has 0 unspecified atom stereocenters. The maximum Gasteiger partial charge on any atom is 0.138 e. The van der Waals surface area contributed by atoms with Crippen LogP contribution in [0.4, 0.5) is 0 Å². The van der Waals surface area contributed by atoms with Crippen LogP contribution in [0.1, 0.15) is 55.6 Å². The zero-order valence-corrected chi connectivity index (χ0v) is 31.8. The van der Waals surface area contributed by atoms with Gasteiger partial charge >= 0.3 is 0 Å². The number of benzene rings is 8. The lowest BCUT2D eigenvalue weighted by atomic mass is 9.84. The van der Waals surface area contributed by atoms with Crippen LogP contribution in [-0.4, -0.2) is 0 Å². The molecule has 0 aliphatic heterocycles. The molecule has 0 radical (unpaired) electrons. The van der Waals surface area contributed by atoms with E-state index in [1.54, 1.807) is 0 Å². The van der Waals surface area contributed by atoms with Crippen molar-refractivity contribution in [1.82, 2.24) is 0 Å². The molecule has 8 aromatic carbocycles. The fourth-order valence-electron chi connectivity index (χ4n) is 7.65. The number of hydrogen-bond acceptors (Lipinski definition) is 2. The van der Waals surface area contributed by atoms with Gasteiger partial charge in [-0.2, -0.15) is 10.5 Å². The van der Waals surface area contributed by atoms with Crippen molar-refractivity contribution >= 4 is 27.9 Å². The third-order valence-corrected chi connectivity index (χ3v) is 10.3. The monoisotopic (exact) mass is 738 g/mol. The van der Waals surface area contributed by atoms with Crippen molar-refractivity contribution in [1.29, 1.82) is 10.5 Å². The first-order valence-electron chi connectivity index (χ1n) is 19.3. The fraction of sp³-hybridized carbons (Fsp3) is 0. The van der Waals surface area contributed by atoms with Crippen LogP contribution in [0.3, 0.4) is 0 Å². The van der Waals surface area contributed by atoms with E-state index in [-0.39, 0.29) is 5.57 Å². The molecule has 0 saturated carbocycles.